The monoisotopic (exact) mass is 361 g/mol. The van der Waals surface area contributed by atoms with E-state index in [-0.39, 0.29) is 18.4 Å². The van der Waals surface area contributed by atoms with Crippen LogP contribution in [-0.2, 0) is 17.8 Å². The van der Waals surface area contributed by atoms with Gasteiger partial charge >= 0.3 is 6.09 Å². The zero-order valence-electron chi connectivity index (χ0n) is 14.6. The maximum Gasteiger partial charge on any atom is 0.413 e. The molecule has 0 saturated heterocycles. The number of pyridine rings is 1. The van der Waals surface area contributed by atoms with E-state index in [1.54, 1.807) is 18.2 Å². The van der Waals surface area contributed by atoms with Gasteiger partial charge in [-0.3, -0.25) is 5.32 Å². The highest BCUT2D eigenvalue weighted by atomic mass is 16.5. The number of fused-ring (bicyclic) bond motifs is 1. The van der Waals surface area contributed by atoms with Gasteiger partial charge in [0.15, 0.2) is 0 Å². The first-order valence-electron chi connectivity index (χ1n) is 8.67. The number of rotatable bonds is 4. The maximum atomic E-state index is 11.7. The molecule has 0 unspecified atom stereocenters. The molecule has 3 aromatic rings. The van der Waals surface area contributed by atoms with Crippen LogP contribution in [0.2, 0.25) is 0 Å². The highest BCUT2D eigenvalue weighted by Crippen LogP contribution is 2.35. The van der Waals surface area contributed by atoms with Gasteiger partial charge in [0.25, 0.3) is 0 Å². The molecular formula is C21H19N3O3. The van der Waals surface area contributed by atoms with Crippen molar-refractivity contribution in [1.29, 1.82) is 0 Å². The molecule has 0 saturated carbocycles. The van der Waals surface area contributed by atoms with E-state index in [0.717, 1.165) is 16.7 Å². The summed E-state index contributed by atoms with van der Waals surface area (Å²) in [7, 11) is 0. The number of carbonyl (C=O) groups is 1. The van der Waals surface area contributed by atoms with E-state index in [9.17, 15) is 9.90 Å². The third-order valence-corrected chi connectivity index (χ3v) is 4.60. The number of amides is 1. The predicted molar refractivity (Wildman–Crippen MR) is 102 cm³/mol. The first kappa shape index (κ1) is 17.1. The number of ether oxygens (including phenoxy) is 1. The van der Waals surface area contributed by atoms with Crippen molar-refractivity contribution < 1.29 is 14.6 Å². The molecule has 0 bridgehead atoms. The summed E-state index contributed by atoms with van der Waals surface area (Å²) in [5.74, 6) is 0.538. The molecule has 1 aliphatic rings. The van der Waals surface area contributed by atoms with Crippen LogP contribution in [0.25, 0.3) is 11.3 Å². The van der Waals surface area contributed by atoms with Gasteiger partial charge in [-0.25, -0.2) is 9.78 Å². The molecule has 0 spiro atoms. The highest BCUT2D eigenvalue weighted by molar-refractivity contribution is 5.87. The Balaban J connectivity index is 1.79. The Morgan fingerprint density at radius 1 is 1.15 bits per heavy atom. The molecule has 1 atom stereocenters. The van der Waals surface area contributed by atoms with Crippen molar-refractivity contribution >= 4 is 11.9 Å². The second-order valence-electron chi connectivity index (χ2n) is 6.44. The summed E-state index contributed by atoms with van der Waals surface area (Å²) < 4.78 is 5.12. The van der Waals surface area contributed by atoms with Gasteiger partial charge < -0.3 is 15.6 Å². The van der Waals surface area contributed by atoms with E-state index >= 15 is 0 Å². The van der Waals surface area contributed by atoms with Crippen LogP contribution < -0.4 is 11.1 Å². The number of phenols is 1. The normalized spacial score (nSPS) is 14.0. The molecule has 6 nitrogen and oxygen atoms in total. The highest BCUT2D eigenvalue weighted by Gasteiger charge is 2.25. The molecule has 4 N–H and O–H groups in total. The first-order chi connectivity index (χ1) is 13.1. The predicted octanol–water partition coefficient (Wildman–Crippen LogP) is 3.76. The third-order valence-electron chi connectivity index (χ3n) is 4.60. The summed E-state index contributed by atoms with van der Waals surface area (Å²) in [6, 6.07) is 18.4. The van der Waals surface area contributed by atoms with Crippen LogP contribution in [0.5, 0.6) is 5.75 Å². The van der Waals surface area contributed by atoms with Crippen molar-refractivity contribution in [3.63, 3.8) is 0 Å². The van der Waals surface area contributed by atoms with Gasteiger partial charge in [-0.1, -0.05) is 42.5 Å². The topological polar surface area (TPSA) is 97.5 Å². The minimum atomic E-state index is -0.549. The summed E-state index contributed by atoms with van der Waals surface area (Å²) in [5, 5.41) is 12.8. The zero-order chi connectivity index (χ0) is 18.8. The number of para-hydroxylation sites is 1. The number of hydrogen-bond acceptors (Lipinski definition) is 5. The Kier molecular flexibility index (Phi) is 4.48. The molecule has 4 rings (SSSR count). The molecule has 6 heteroatoms. The molecule has 1 amide bonds. The number of phenolic OH excluding ortho intramolecular Hbond substituents is 1. The largest absolute Gasteiger partial charge is 0.507 e. The van der Waals surface area contributed by atoms with Crippen molar-refractivity contribution in [3.05, 3.63) is 77.4 Å². The van der Waals surface area contributed by atoms with Crippen molar-refractivity contribution in [2.45, 2.75) is 19.1 Å². The van der Waals surface area contributed by atoms with E-state index in [1.165, 1.54) is 0 Å². The van der Waals surface area contributed by atoms with Gasteiger partial charge in [-0.05, 0) is 35.7 Å². The Labute approximate surface area is 156 Å². The van der Waals surface area contributed by atoms with E-state index in [2.05, 4.69) is 10.3 Å². The number of nitrogens with zero attached hydrogens (tertiary/aromatic N) is 1. The summed E-state index contributed by atoms with van der Waals surface area (Å²) in [4.78, 5) is 16.2. The number of nitrogens with one attached hydrogen (secondary N) is 1. The second-order valence-corrected chi connectivity index (χ2v) is 6.44. The van der Waals surface area contributed by atoms with Crippen LogP contribution in [0.1, 0.15) is 22.7 Å². The molecule has 0 aliphatic carbocycles. The van der Waals surface area contributed by atoms with Crippen LogP contribution in [-0.4, -0.2) is 16.2 Å². The van der Waals surface area contributed by atoms with E-state index in [1.807, 2.05) is 42.5 Å². The minimum absolute atomic E-state index is 0.117. The Morgan fingerprint density at radius 3 is 2.67 bits per heavy atom. The fourth-order valence-corrected chi connectivity index (χ4v) is 3.25. The van der Waals surface area contributed by atoms with Crippen LogP contribution >= 0.6 is 0 Å². The summed E-state index contributed by atoms with van der Waals surface area (Å²) in [6.07, 6.45) is 0.0813. The second kappa shape index (κ2) is 7.09. The smallest absolute Gasteiger partial charge is 0.413 e. The number of nitrogens with two attached hydrogens (primary N) is 1. The number of hydrogen-bond donors (Lipinski definition) is 3. The van der Waals surface area contributed by atoms with E-state index in [4.69, 9.17) is 10.5 Å². The number of aromatic nitrogens is 1. The molecular weight excluding hydrogens is 342 g/mol. The molecule has 1 aromatic heterocycles. The minimum Gasteiger partial charge on any atom is -0.507 e. The van der Waals surface area contributed by atoms with Crippen molar-refractivity contribution in [2.24, 2.45) is 5.73 Å². The van der Waals surface area contributed by atoms with Crippen LogP contribution in [0.15, 0.2) is 60.7 Å². The maximum absolute atomic E-state index is 11.7. The lowest BCUT2D eigenvalue weighted by atomic mass is 9.94. The van der Waals surface area contributed by atoms with Crippen LogP contribution in [0, 0.1) is 0 Å². The number of cyclic esters (lactones) is 1. The van der Waals surface area contributed by atoms with Gasteiger partial charge in [0.05, 0.1) is 5.69 Å². The number of aromatic hydroxyl groups is 1. The average Bonchev–Trinajstić information content (AvgIpc) is 2.68. The molecule has 0 fully saturated rings. The first-order valence-corrected chi connectivity index (χ1v) is 8.67. The van der Waals surface area contributed by atoms with Crippen molar-refractivity contribution in [2.75, 3.05) is 5.32 Å². The number of anilines is 1. The average molecular weight is 361 g/mol. The molecule has 1 aliphatic heterocycles. The lowest BCUT2D eigenvalue weighted by Gasteiger charge is -2.24. The van der Waals surface area contributed by atoms with Crippen LogP contribution in [0.3, 0.4) is 0 Å². The molecule has 0 radical (unpaired) electrons. The fraction of sp³-hybridized carbons (Fsp3) is 0.143. The third kappa shape index (κ3) is 3.47. The summed E-state index contributed by atoms with van der Waals surface area (Å²) >= 11 is 0. The molecule has 27 heavy (non-hydrogen) atoms. The molecule has 136 valence electrons. The van der Waals surface area contributed by atoms with Gasteiger partial charge in [-0.2, -0.15) is 0 Å². The van der Waals surface area contributed by atoms with E-state index < -0.39 is 6.09 Å². The lowest BCUT2D eigenvalue weighted by Crippen LogP contribution is -2.25. The van der Waals surface area contributed by atoms with Crippen LogP contribution in [0.4, 0.5) is 10.6 Å². The van der Waals surface area contributed by atoms with Crippen molar-refractivity contribution in [3.8, 4) is 17.0 Å². The number of benzene rings is 2. The summed E-state index contributed by atoms with van der Waals surface area (Å²) in [5.41, 5.74) is 10.3. The standard InChI is InChI=1S/C21H19N3O3/c22-17(10-13-6-2-1-3-7-13)15-11-18(14-8-4-5-9-19(14)25)23-20-16(15)12-27-21(26)24-20/h1-9,11,17,25H,10,12,22H2,(H,23,24,26)/t17-/m1/s1. The molecule has 2 heterocycles. The lowest BCUT2D eigenvalue weighted by molar-refractivity contribution is 0.150. The quantitative estimate of drug-likeness (QED) is 0.657. The van der Waals surface area contributed by atoms with Gasteiger partial charge in [-0.15, -0.1) is 0 Å². The van der Waals surface area contributed by atoms with E-state index in [0.29, 0.717) is 23.5 Å². The van der Waals surface area contributed by atoms with Crippen molar-refractivity contribution in [1.82, 2.24) is 4.98 Å². The Morgan fingerprint density at radius 2 is 1.89 bits per heavy atom. The number of carbonyl (C=O) groups excluding carboxylic acids is 1. The van der Waals surface area contributed by atoms with Gasteiger partial charge in [0, 0.05) is 17.2 Å². The summed E-state index contributed by atoms with van der Waals surface area (Å²) in [6.45, 7) is 0.118. The molecule has 2 aromatic carbocycles. The van der Waals surface area contributed by atoms with Gasteiger partial charge in [0.1, 0.15) is 18.2 Å². The Bertz CT molecular complexity index is 989. The van der Waals surface area contributed by atoms with Gasteiger partial charge in [0.2, 0.25) is 0 Å². The Hall–Kier alpha value is -3.38. The SMILES string of the molecule is N[C@H](Cc1ccccc1)c1cc(-c2ccccc2O)nc2c1COC(=O)N2. The fourth-order valence-electron chi connectivity index (χ4n) is 3.25. The zero-order valence-corrected chi connectivity index (χ0v) is 14.6.